The number of anilines is 1. The molecule has 1 aromatic carbocycles. The standard InChI is InChI=1S/C13H13N3O/c1-8-12(14)13(17)16(15-8)11-6-5-9-3-2-4-10(9)7-11/h5-7,14H,2-4H2,1H3. The van der Waals surface area contributed by atoms with Gasteiger partial charge in [0.05, 0.1) is 11.4 Å². The lowest BCUT2D eigenvalue weighted by Crippen LogP contribution is -2.26. The fraction of sp³-hybridized carbons (Fsp3) is 0.308. The molecule has 0 unspecified atom stereocenters. The van der Waals surface area contributed by atoms with E-state index in [1.807, 2.05) is 12.1 Å². The predicted molar refractivity (Wildman–Crippen MR) is 66.8 cm³/mol. The molecule has 1 heterocycles. The minimum absolute atomic E-state index is 0.00880. The van der Waals surface area contributed by atoms with E-state index in [4.69, 9.17) is 5.41 Å². The minimum atomic E-state index is -0.333. The number of nitrogens with one attached hydrogen (secondary N) is 1. The highest BCUT2D eigenvalue weighted by molar-refractivity contribution is 6.70. The number of hydrogen-bond donors (Lipinski definition) is 1. The number of rotatable bonds is 1. The van der Waals surface area contributed by atoms with Crippen LogP contribution in [-0.2, 0) is 17.6 Å². The Hall–Kier alpha value is -1.97. The summed E-state index contributed by atoms with van der Waals surface area (Å²) in [4.78, 5) is 11.8. The molecule has 0 fully saturated rings. The zero-order chi connectivity index (χ0) is 12.0. The SMILES string of the molecule is CC1=NN(c2ccc3c(c2)CCC3)C(=O)C1=N. The number of amides is 1. The molecular formula is C13H13N3O. The fourth-order valence-electron chi connectivity index (χ4n) is 2.37. The highest BCUT2D eigenvalue weighted by Crippen LogP contribution is 2.28. The molecule has 1 aliphatic heterocycles. The summed E-state index contributed by atoms with van der Waals surface area (Å²) in [5.41, 5.74) is 3.93. The highest BCUT2D eigenvalue weighted by Gasteiger charge is 2.29. The monoisotopic (exact) mass is 227 g/mol. The average Bonchev–Trinajstić information content (AvgIpc) is 2.89. The van der Waals surface area contributed by atoms with E-state index in [2.05, 4.69) is 11.2 Å². The van der Waals surface area contributed by atoms with Crippen molar-refractivity contribution in [3.8, 4) is 0 Å². The maximum Gasteiger partial charge on any atom is 0.298 e. The van der Waals surface area contributed by atoms with Crippen LogP contribution in [0, 0.1) is 5.41 Å². The molecule has 3 rings (SSSR count). The molecule has 0 bridgehead atoms. The molecule has 0 radical (unpaired) electrons. The van der Waals surface area contributed by atoms with Crippen molar-refractivity contribution in [2.45, 2.75) is 26.2 Å². The lowest BCUT2D eigenvalue weighted by molar-refractivity contribution is -0.112. The van der Waals surface area contributed by atoms with Crippen LogP contribution < -0.4 is 5.01 Å². The van der Waals surface area contributed by atoms with Crippen LogP contribution in [0.25, 0.3) is 0 Å². The minimum Gasteiger partial charge on any atom is -0.294 e. The van der Waals surface area contributed by atoms with Gasteiger partial charge in [-0.05, 0) is 49.4 Å². The zero-order valence-corrected chi connectivity index (χ0v) is 9.66. The number of fused-ring (bicyclic) bond motifs is 1. The van der Waals surface area contributed by atoms with Gasteiger partial charge >= 0.3 is 0 Å². The molecule has 4 nitrogen and oxygen atoms in total. The van der Waals surface area contributed by atoms with Gasteiger partial charge < -0.3 is 0 Å². The summed E-state index contributed by atoms with van der Waals surface area (Å²) >= 11 is 0. The smallest absolute Gasteiger partial charge is 0.294 e. The van der Waals surface area contributed by atoms with Crippen LogP contribution >= 0.6 is 0 Å². The third-order valence-corrected chi connectivity index (χ3v) is 3.34. The van der Waals surface area contributed by atoms with Gasteiger partial charge in [0.25, 0.3) is 5.91 Å². The average molecular weight is 227 g/mol. The number of carbonyl (C=O) groups is 1. The van der Waals surface area contributed by atoms with Crippen molar-refractivity contribution >= 4 is 23.0 Å². The number of carbonyl (C=O) groups excluding carboxylic acids is 1. The summed E-state index contributed by atoms with van der Waals surface area (Å²) in [5.74, 6) is -0.333. The first-order chi connectivity index (χ1) is 8.16. The van der Waals surface area contributed by atoms with Crippen molar-refractivity contribution in [3.05, 3.63) is 29.3 Å². The molecule has 0 spiro atoms. The third-order valence-electron chi connectivity index (χ3n) is 3.34. The van der Waals surface area contributed by atoms with Crippen molar-refractivity contribution in [2.75, 3.05) is 5.01 Å². The van der Waals surface area contributed by atoms with E-state index in [1.54, 1.807) is 6.92 Å². The van der Waals surface area contributed by atoms with Crippen LogP contribution in [-0.4, -0.2) is 17.3 Å². The molecule has 86 valence electrons. The molecule has 1 N–H and O–H groups in total. The van der Waals surface area contributed by atoms with Gasteiger partial charge in [-0.1, -0.05) is 6.07 Å². The molecule has 0 atom stereocenters. The first-order valence-electron chi connectivity index (χ1n) is 5.77. The molecule has 0 aromatic heterocycles. The number of benzene rings is 1. The van der Waals surface area contributed by atoms with E-state index in [0.29, 0.717) is 5.71 Å². The first-order valence-corrected chi connectivity index (χ1v) is 5.77. The van der Waals surface area contributed by atoms with E-state index in [0.717, 1.165) is 18.5 Å². The molecule has 1 amide bonds. The largest absolute Gasteiger partial charge is 0.298 e. The molecule has 17 heavy (non-hydrogen) atoms. The molecule has 1 aromatic rings. The Bertz CT molecular complexity index is 560. The summed E-state index contributed by atoms with van der Waals surface area (Å²) in [6.45, 7) is 1.69. The molecular weight excluding hydrogens is 214 g/mol. The van der Waals surface area contributed by atoms with Crippen LogP contribution in [0.2, 0.25) is 0 Å². The molecule has 4 heteroatoms. The Balaban J connectivity index is 2.01. The Kier molecular flexibility index (Phi) is 2.11. The maximum absolute atomic E-state index is 11.8. The van der Waals surface area contributed by atoms with Crippen LogP contribution in [0.1, 0.15) is 24.5 Å². The number of nitrogens with zero attached hydrogens (tertiary/aromatic N) is 2. The van der Waals surface area contributed by atoms with Gasteiger partial charge in [0, 0.05) is 0 Å². The van der Waals surface area contributed by atoms with Crippen molar-refractivity contribution in [1.29, 1.82) is 5.41 Å². The Labute approximate surface area is 99.4 Å². The normalized spacial score (nSPS) is 18.6. The second-order valence-electron chi connectivity index (χ2n) is 4.48. The van der Waals surface area contributed by atoms with Crippen molar-refractivity contribution in [3.63, 3.8) is 0 Å². The van der Waals surface area contributed by atoms with Crippen LogP contribution in [0.15, 0.2) is 23.3 Å². The zero-order valence-electron chi connectivity index (χ0n) is 9.66. The van der Waals surface area contributed by atoms with Gasteiger partial charge in [-0.25, -0.2) is 0 Å². The van der Waals surface area contributed by atoms with Crippen molar-refractivity contribution in [2.24, 2.45) is 5.10 Å². The number of hydrogen-bond acceptors (Lipinski definition) is 3. The lowest BCUT2D eigenvalue weighted by atomic mass is 10.1. The Morgan fingerprint density at radius 1 is 1.29 bits per heavy atom. The van der Waals surface area contributed by atoms with Gasteiger partial charge in [0.15, 0.2) is 0 Å². The maximum atomic E-state index is 11.8. The van der Waals surface area contributed by atoms with E-state index in [-0.39, 0.29) is 11.6 Å². The third kappa shape index (κ3) is 1.48. The van der Waals surface area contributed by atoms with E-state index >= 15 is 0 Å². The Morgan fingerprint density at radius 2 is 2.06 bits per heavy atom. The van der Waals surface area contributed by atoms with Gasteiger partial charge in [0.2, 0.25) is 0 Å². The van der Waals surface area contributed by atoms with E-state index in [1.165, 1.54) is 22.6 Å². The summed E-state index contributed by atoms with van der Waals surface area (Å²) < 4.78 is 0. The number of hydrazone groups is 1. The fourth-order valence-corrected chi connectivity index (χ4v) is 2.37. The topological polar surface area (TPSA) is 56.5 Å². The van der Waals surface area contributed by atoms with Crippen LogP contribution in [0.4, 0.5) is 5.69 Å². The molecule has 0 saturated carbocycles. The molecule has 2 aliphatic rings. The highest BCUT2D eigenvalue weighted by atomic mass is 16.2. The lowest BCUT2D eigenvalue weighted by Gasteiger charge is -2.12. The van der Waals surface area contributed by atoms with Crippen LogP contribution in [0.5, 0.6) is 0 Å². The van der Waals surface area contributed by atoms with Gasteiger partial charge in [-0.15, -0.1) is 0 Å². The quantitative estimate of drug-likeness (QED) is 0.782. The second-order valence-corrected chi connectivity index (χ2v) is 4.48. The Morgan fingerprint density at radius 3 is 2.76 bits per heavy atom. The molecule has 1 aliphatic carbocycles. The second kappa shape index (κ2) is 3.52. The summed E-state index contributed by atoms with van der Waals surface area (Å²) in [5, 5.41) is 13.0. The van der Waals surface area contributed by atoms with Crippen molar-refractivity contribution < 1.29 is 4.79 Å². The van der Waals surface area contributed by atoms with E-state index in [9.17, 15) is 4.79 Å². The van der Waals surface area contributed by atoms with Crippen LogP contribution in [0.3, 0.4) is 0 Å². The summed E-state index contributed by atoms with van der Waals surface area (Å²) in [6, 6.07) is 6.00. The molecule has 0 saturated heterocycles. The van der Waals surface area contributed by atoms with Gasteiger partial charge in [0.1, 0.15) is 5.71 Å². The van der Waals surface area contributed by atoms with E-state index < -0.39 is 0 Å². The van der Waals surface area contributed by atoms with Crippen molar-refractivity contribution in [1.82, 2.24) is 0 Å². The first kappa shape index (κ1) is 10.2. The predicted octanol–water partition coefficient (Wildman–Crippen LogP) is 1.92. The summed E-state index contributed by atoms with van der Waals surface area (Å²) in [6.07, 6.45) is 3.39. The van der Waals surface area contributed by atoms with Gasteiger partial charge in [-0.2, -0.15) is 10.1 Å². The number of aryl methyl sites for hydroxylation is 2. The van der Waals surface area contributed by atoms with Gasteiger partial charge in [-0.3, -0.25) is 10.2 Å². The summed E-state index contributed by atoms with van der Waals surface area (Å²) in [7, 11) is 0.